The molecule has 0 atom stereocenters. The molecule has 41 heavy (non-hydrogen) atoms. The Morgan fingerprint density at radius 2 is 1.76 bits per heavy atom. The Morgan fingerprint density at radius 1 is 1.05 bits per heavy atom. The fourth-order valence-electron chi connectivity index (χ4n) is 5.47. The molecule has 3 aromatic rings. The van der Waals surface area contributed by atoms with Crippen LogP contribution in [0.1, 0.15) is 69.7 Å². The lowest BCUT2D eigenvalue weighted by Crippen LogP contribution is -2.43. The maximum absolute atomic E-state index is 13.4. The van der Waals surface area contributed by atoms with Crippen molar-refractivity contribution in [1.82, 2.24) is 9.88 Å². The number of benzene rings is 2. The normalized spacial score (nSPS) is 19.1. The highest BCUT2D eigenvalue weighted by Crippen LogP contribution is 2.41. The number of pyridine rings is 1. The molecule has 2 fully saturated rings. The topological polar surface area (TPSA) is 101 Å². The first-order chi connectivity index (χ1) is 19.4. The molecule has 2 aromatic carbocycles. The molecule has 2 aliphatic carbocycles. The minimum absolute atomic E-state index is 0.0522. The number of ether oxygens (including phenoxy) is 2. The Balaban J connectivity index is 1.44. The maximum atomic E-state index is 13.4. The SMILES string of the molecule is COc1cc(-c2ccc3ncc(C(=O)C4CC4)c(NC4CCC(N(C)C(=O)OC(C)(C)C)CC4)c3c2)cc(Cl)c1O. The van der Waals surface area contributed by atoms with Crippen LogP contribution in [-0.4, -0.2) is 58.7 Å². The predicted octanol–water partition coefficient (Wildman–Crippen LogP) is 7.45. The van der Waals surface area contributed by atoms with E-state index in [4.69, 9.17) is 21.1 Å². The second-order valence-electron chi connectivity index (χ2n) is 12.2. The van der Waals surface area contributed by atoms with Crippen LogP contribution in [-0.2, 0) is 4.74 Å². The Hall–Kier alpha value is -3.52. The first-order valence-corrected chi connectivity index (χ1v) is 14.6. The van der Waals surface area contributed by atoms with Gasteiger partial charge in [0, 0.05) is 36.6 Å². The van der Waals surface area contributed by atoms with Gasteiger partial charge in [-0.05, 0) is 94.7 Å². The van der Waals surface area contributed by atoms with Crippen molar-refractivity contribution in [2.75, 3.05) is 19.5 Å². The summed E-state index contributed by atoms with van der Waals surface area (Å²) < 4.78 is 10.9. The number of carbonyl (C=O) groups is 2. The van der Waals surface area contributed by atoms with Crippen LogP contribution in [0.2, 0.25) is 5.02 Å². The molecular weight excluding hydrogens is 542 g/mol. The van der Waals surface area contributed by atoms with E-state index in [2.05, 4.69) is 10.3 Å². The predicted molar refractivity (Wildman–Crippen MR) is 161 cm³/mol. The second-order valence-corrected chi connectivity index (χ2v) is 12.6. The summed E-state index contributed by atoms with van der Waals surface area (Å²) >= 11 is 6.29. The number of aromatic nitrogens is 1. The number of carbonyl (C=O) groups excluding carboxylic acids is 2. The zero-order valence-electron chi connectivity index (χ0n) is 24.3. The third kappa shape index (κ3) is 6.38. The fourth-order valence-corrected chi connectivity index (χ4v) is 5.68. The molecule has 0 radical (unpaired) electrons. The lowest BCUT2D eigenvalue weighted by molar-refractivity contribution is 0.0185. The molecule has 0 spiro atoms. The minimum Gasteiger partial charge on any atom is -0.503 e. The first-order valence-electron chi connectivity index (χ1n) is 14.2. The van der Waals surface area contributed by atoms with Gasteiger partial charge in [0.25, 0.3) is 0 Å². The maximum Gasteiger partial charge on any atom is 0.410 e. The summed E-state index contributed by atoms with van der Waals surface area (Å²) in [6.07, 6.45) is 6.58. The molecule has 8 nitrogen and oxygen atoms in total. The van der Waals surface area contributed by atoms with Gasteiger partial charge in [0.2, 0.25) is 0 Å². The number of hydrogen-bond acceptors (Lipinski definition) is 7. The van der Waals surface area contributed by atoms with Gasteiger partial charge in [-0.15, -0.1) is 0 Å². The molecule has 5 rings (SSSR count). The third-order valence-corrected chi connectivity index (χ3v) is 8.23. The summed E-state index contributed by atoms with van der Waals surface area (Å²) in [4.78, 5) is 32.3. The van der Waals surface area contributed by atoms with E-state index >= 15 is 0 Å². The van der Waals surface area contributed by atoms with Crippen LogP contribution in [0.15, 0.2) is 36.5 Å². The number of nitrogens with one attached hydrogen (secondary N) is 1. The van der Waals surface area contributed by atoms with Crippen LogP contribution in [0.5, 0.6) is 11.5 Å². The molecule has 2 aliphatic rings. The first kappa shape index (κ1) is 29.0. The number of nitrogens with zero attached hydrogens (tertiary/aromatic N) is 2. The van der Waals surface area contributed by atoms with E-state index in [1.54, 1.807) is 30.3 Å². The summed E-state index contributed by atoms with van der Waals surface area (Å²) in [7, 11) is 3.29. The summed E-state index contributed by atoms with van der Waals surface area (Å²) in [5.41, 5.74) is 3.30. The van der Waals surface area contributed by atoms with Gasteiger partial charge in [0.05, 0.1) is 28.9 Å². The Labute approximate surface area is 246 Å². The lowest BCUT2D eigenvalue weighted by Gasteiger charge is -2.36. The van der Waals surface area contributed by atoms with E-state index < -0.39 is 5.60 Å². The van der Waals surface area contributed by atoms with E-state index in [0.29, 0.717) is 5.56 Å². The number of halogens is 1. The monoisotopic (exact) mass is 579 g/mol. The average molecular weight is 580 g/mol. The smallest absolute Gasteiger partial charge is 0.410 e. The van der Waals surface area contributed by atoms with Crippen molar-refractivity contribution in [3.63, 3.8) is 0 Å². The molecule has 1 amide bonds. The minimum atomic E-state index is -0.535. The number of aromatic hydroxyl groups is 1. The Morgan fingerprint density at radius 3 is 2.39 bits per heavy atom. The summed E-state index contributed by atoms with van der Waals surface area (Å²) in [5.74, 6) is 0.360. The van der Waals surface area contributed by atoms with Crippen molar-refractivity contribution in [1.29, 1.82) is 0 Å². The van der Waals surface area contributed by atoms with Crippen LogP contribution in [0, 0.1) is 5.92 Å². The number of methoxy groups -OCH3 is 1. The molecule has 2 saturated carbocycles. The largest absolute Gasteiger partial charge is 0.503 e. The number of anilines is 1. The number of ketones is 1. The fraction of sp³-hybridized carbons (Fsp3) is 0.469. The van der Waals surface area contributed by atoms with Crippen molar-refractivity contribution >= 4 is 40.1 Å². The molecule has 9 heteroatoms. The molecule has 0 saturated heterocycles. The van der Waals surface area contributed by atoms with Gasteiger partial charge in [0.1, 0.15) is 5.60 Å². The Kier molecular flexibility index (Phi) is 8.06. The molecule has 1 heterocycles. The average Bonchev–Trinajstić information content (AvgIpc) is 3.79. The van der Waals surface area contributed by atoms with Crippen LogP contribution in [0.3, 0.4) is 0 Å². The highest BCUT2D eigenvalue weighted by molar-refractivity contribution is 6.32. The molecule has 0 unspecified atom stereocenters. The van der Waals surface area contributed by atoms with E-state index in [9.17, 15) is 14.7 Å². The van der Waals surface area contributed by atoms with Gasteiger partial charge >= 0.3 is 6.09 Å². The Bertz CT molecular complexity index is 1470. The number of phenolic OH excluding ortho intramolecular Hbond substituents is 1. The van der Waals surface area contributed by atoms with Gasteiger partial charge in [-0.1, -0.05) is 17.7 Å². The molecule has 2 N–H and O–H groups in total. The zero-order valence-corrected chi connectivity index (χ0v) is 25.0. The van der Waals surface area contributed by atoms with Crippen molar-refractivity contribution in [2.45, 2.75) is 77.0 Å². The van der Waals surface area contributed by atoms with Crippen molar-refractivity contribution < 1.29 is 24.2 Å². The molecular formula is C32H38ClN3O5. The summed E-state index contributed by atoms with van der Waals surface area (Å²) in [6, 6.07) is 9.57. The van der Waals surface area contributed by atoms with Crippen LogP contribution in [0.25, 0.3) is 22.0 Å². The van der Waals surface area contributed by atoms with E-state index in [1.807, 2.05) is 39.0 Å². The van der Waals surface area contributed by atoms with Gasteiger partial charge in [-0.25, -0.2) is 4.79 Å². The highest BCUT2D eigenvalue weighted by atomic mass is 35.5. The number of hydrogen-bond donors (Lipinski definition) is 2. The van der Waals surface area contributed by atoms with Gasteiger partial charge in [-0.2, -0.15) is 0 Å². The molecule has 0 bridgehead atoms. The molecule has 1 aromatic heterocycles. The third-order valence-electron chi connectivity index (χ3n) is 7.94. The second kappa shape index (κ2) is 11.4. The quantitative estimate of drug-likeness (QED) is 0.280. The highest BCUT2D eigenvalue weighted by Gasteiger charge is 2.34. The van der Waals surface area contributed by atoms with E-state index in [1.165, 1.54) is 7.11 Å². The number of fused-ring (bicyclic) bond motifs is 1. The van der Waals surface area contributed by atoms with Crippen LogP contribution >= 0.6 is 11.6 Å². The number of Topliss-reactive ketones (excluding diaryl/α,β-unsaturated/α-hetero) is 1. The number of amides is 1. The molecule has 218 valence electrons. The van der Waals surface area contributed by atoms with E-state index in [-0.39, 0.29) is 46.4 Å². The van der Waals surface area contributed by atoms with Gasteiger partial charge in [-0.3, -0.25) is 9.78 Å². The number of rotatable bonds is 7. The standard InChI is InChI=1S/C32H38ClN3O5/c1-32(2,3)41-31(39)36(4)22-11-9-21(10-12-22)35-28-23-14-19(20-15-25(33)30(38)27(16-20)40-5)8-13-26(23)34-17-24(28)29(37)18-6-7-18/h8,13-18,21-22,38H,6-7,9-12H2,1-5H3,(H,34,35). The zero-order chi connectivity index (χ0) is 29.5. The van der Waals surface area contributed by atoms with Crippen molar-refractivity contribution in [3.8, 4) is 22.6 Å². The van der Waals surface area contributed by atoms with Crippen LogP contribution < -0.4 is 10.1 Å². The van der Waals surface area contributed by atoms with Crippen LogP contribution in [0.4, 0.5) is 10.5 Å². The lowest BCUT2D eigenvalue weighted by atomic mass is 9.89. The van der Waals surface area contributed by atoms with Crippen molar-refractivity contribution in [3.05, 3.63) is 47.1 Å². The van der Waals surface area contributed by atoms with E-state index in [0.717, 1.165) is 66.2 Å². The summed E-state index contributed by atoms with van der Waals surface area (Å²) in [6.45, 7) is 5.62. The summed E-state index contributed by atoms with van der Waals surface area (Å²) in [5, 5.41) is 15.0. The molecule has 0 aliphatic heterocycles. The van der Waals surface area contributed by atoms with Crippen molar-refractivity contribution in [2.24, 2.45) is 5.92 Å². The van der Waals surface area contributed by atoms with Gasteiger partial charge in [0.15, 0.2) is 17.3 Å². The van der Waals surface area contributed by atoms with Gasteiger partial charge < -0.3 is 24.8 Å². The number of phenols is 1.